The predicted molar refractivity (Wildman–Crippen MR) is 122 cm³/mol. The Hall–Kier alpha value is -4.14. The molecule has 1 aromatic carbocycles. The molecule has 9 heteroatoms. The van der Waals surface area contributed by atoms with Gasteiger partial charge in [0, 0.05) is 30.3 Å². The molecular formula is C24H22N6O3. The molecule has 4 heterocycles. The molecule has 5 rings (SSSR count). The van der Waals surface area contributed by atoms with Crippen molar-refractivity contribution in [2.75, 3.05) is 7.11 Å². The van der Waals surface area contributed by atoms with Crippen LogP contribution < -0.4 is 15.6 Å². The SMILES string of the molecule is COc1cc(C(=O)NC2CCCCn3c2nc(-c2ccncn2)cc3=O)nc2ccccc12. The predicted octanol–water partition coefficient (Wildman–Crippen LogP) is 2.91. The number of carbonyl (C=O) groups is 1. The Labute approximate surface area is 189 Å². The third kappa shape index (κ3) is 4.05. The van der Waals surface area contributed by atoms with Crippen molar-refractivity contribution in [3.8, 4) is 17.1 Å². The summed E-state index contributed by atoms with van der Waals surface area (Å²) < 4.78 is 7.11. The number of amides is 1. The molecule has 0 radical (unpaired) electrons. The first-order chi connectivity index (χ1) is 16.1. The zero-order valence-electron chi connectivity index (χ0n) is 18.1. The smallest absolute Gasteiger partial charge is 0.270 e. The Morgan fingerprint density at radius 3 is 2.82 bits per heavy atom. The second-order valence-corrected chi connectivity index (χ2v) is 7.83. The van der Waals surface area contributed by atoms with Crippen molar-refractivity contribution in [1.82, 2.24) is 29.8 Å². The highest BCUT2D eigenvalue weighted by atomic mass is 16.5. The lowest BCUT2D eigenvalue weighted by Gasteiger charge is -2.20. The van der Waals surface area contributed by atoms with E-state index in [0.29, 0.717) is 41.4 Å². The number of nitrogens with zero attached hydrogens (tertiary/aromatic N) is 5. The topological polar surface area (TPSA) is 112 Å². The Morgan fingerprint density at radius 1 is 1.12 bits per heavy atom. The zero-order chi connectivity index (χ0) is 22.8. The van der Waals surface area contributed by atoms with Crippen molar-refractivity contribution in [3.63, 3.8) is 0 Å². The molecule has 1 aliphatic rings. The van der Waals surface area contributed by atoms with E-state index in [4.69, 9.17) is 9.72 Å². The van der Waals surface area contributed by atoms with Crippen molar-refractivity contribution < 1.29 is 9.53 Å². The summed E-state index contributed by atoms with van der Waals surface area (Å²) in [5.74, 6) is 0.751. The number of rotatable bonds is 4. The van der Waals surface area contributed by atoms with Crippen LogP contribution in [0, 0.1) is 0 Å². The maximum absolute atomic E-state index is 13.2. The average Bonchev–Trinajstić information content (AvgIpc) is 3.06. The molecule has 0 spiro atoms. The largest absolute Gasteiger partial charge is 0.496 e. The Kier molecular flexibility index (Phi) is 5.52. The Morgan fingerprint density at radius 2 is 2.00 bits per heavy atom. The minimum atomic E-state index is -0.436. The number of fused-ring (bicyclic) bond motifs is 2. The quantitative estimate of drug-likeness (QED) is 0.517. The van der Waals surface area contributed by atoms with Crippen LogP contribution in [0.3, 0.4) is 0 Å². The number of methoxy groups -OCH3 is 1. The molecule has 1 N–H and O–H groups in total. The third-order valence-electron chi connectivity index (χ3n) is 5.75. The number of pyridine rings is 1. The van der Waals surface area contributed by atoms with Gasteiger partial charge in [-0.05, 0) is 37.5 Å². The fraction of sp³-hybridized carbons (Fsp3) is 0.250. The summed E-state index contributed by atoms with van der Waals surface area (Å²) in [5, 5.41) is 3.87. The van der Waals surface area contributed by atoms with Crippen LogP contribution in [-0.4, -0.2) is 37.5 Å². The standard InChI is InChI=1S/C24H22N6O3/c1-33-21-12-20(27-16-7-3-2-6-15(16)21)24(32)29-18-8-4-5-11-30-22(31)13-19(28-23(18)30)17-9-10-25-14-26-17/h2-3,6-7,9-10,12-14,18H,4-5,8,11H2,1H3,(H,29,32). The summed E-state index contributed by atoms with van der Waals surface area (Å²) in [6.45, 7) is 0.555. The molecule has 1 unspecified atom stereocenters. The highest BCUT2D eigenvalue weighted by Gasteiger charge is 2.25. The van der Waals surface area contributed by atoms with Crippen LogP contribution in [0.1, 0.15) is 41.6 Å². The van der Waals surface area contributed by atoms with Gasteiger partial charge in [-0.15, -0.1) is 0 Å². The van der Waals surface area contributed by atoms with Gasteiger partial charge in [-0.1, -0.05) is 12.1 Å². The van der Waals surface area contributed by atoms with Crippen LogP contribution in [0.5, 0.6) is 5.75 Å². The summed E-state index contributed by atoms with van der Waals surface area (Å²) in [4.78, 5) is 43.5. The summed E-state index contributed by atoms with van der Waals surface area (Å²) in [6, 6.07) is 11.9. The van der Waals surface area contributed by atoms with Gasteiger partial charge >= 0.3 is 0 Å². The van der Waals surface area contributed by atoms with E-state index in [-0.39, 0.29) is 17.2 Å². The lowest BCUT2D eigenvalue weighted by molar-refractivity contribution is 0.0927. The minimum Gasteiger partial charge on any atom is -0.496 e. The van der Waals surface area contributed by atoms with Gasteiger partial charge < -0.3 is 10.1 Å². The lowest BCUT2D eigenvalue weighted by Crippen LogP contribution is -2.34. The zero-order valence-corrected chi connectivity index (χ0v) is 18.1. The molecule has 1 aliphatic heterocycles. The Bertz CT molecular complexity index is 1390. The van der Waals surface area contributed by atoms with Gasteiger partial charge in [0.05, 0.1) is 30.1 Å². The second kappa shape index (κ2) is 8.78. The molecule has 166 valence electrons. The highest BCUT2D eigenvalue weighted by Crippen LogP contribution is 2.27. The van der Waals surface area contributed by atoms with Gasteiger partial charge in [-0.3, -0.25) is 14.2 Å². The lowest BCUT2D eigenvalue weighted by atomic mass is 10.1. The van der Waals surface area contributed by atoms with E-state index in [1.54, 1.807) is 30.0 Å². The molecule has 33 heavy (non-hydrogen) atoms. The van der Waals surface area contributed by atoms with Crippen molar-refractivity contribution in [1.29, 1.82) is 0 Å². The molecule has 9 nitrogen and oxygen atoms in total. The van der Waals surface area contributed by atoms with Crippen LogP contribution >= 0.6 is 0 Å². The fourth-order valence-electron chi connectivity index (χ4n) is 4.13. The number of hydrogen-bond acceptors (Lipinski definition) is 7. The number of hydrogen-bond donors (Lipinski definition) is 1. The van der Waals surface area contributed by atoms with Gasteiger partial charge in [-0.2, -0.15) is 0 Å². The van der Waals surface area contributed by atoms with E-state index in [9.17, 15) is 9.59 Å². The molecule has 1 atom stereocenters. The fourth-order valence-corrected chi connectivity index (χ4v) is 4.13. The van der Waals surface area contributed by atoms with Gasteiger partial charge in [0.1, 0.15) is 23.6 Å². The van der Waals surface area contributed by atoms with E-state index in [1.807, 2.05) is 24.3 Å². The number of benzene rings is 1. The van der Waals surface area contributed by atoms with Crippen LogP contribution in [0.15, 0.2) is 59.8 Å². The number of para-hydroxylation sites is 1. The third-order valence-corrected chi connectivity index (χ3v) is 5.75. The molecule has 4 aromatic rings. The molecule has 3 aromatic heterocycles. The number of carbonyl (C=O) groups excluding carboxylic acids is 1. The molecule has 0 saturated carbocycles. The molecule has 0 bridgehead atoms. The number of aromatic nitrogens is 5. The van der Waals surface area contributed by atoms with Crippen LogP contribution in [-0.2, 0) is 6.54 Å². The van der Waals surface area contributed by atoms with Crippen molar-refractivity contribution in [2.24, 2.45) is 0 Å². The van der Waals surface area contributed by atoms with Gasteiger partial charge in [-0.25, -0.2) is 19.9 Å². The van der Waals surface area contributed by atoms with E-state index in [1.165, 1.54) is 12.4 Å². The van der Waals surface area contributed by atoms with Crippen LogP contribution in [0.2, 0.25) is 0 Å². The molecule has 1 amide bonds. The van der Waals surface area contributed by atoms with E-state index in [0.717, 1.165) is 18.2 Å². The first-order valence-electron chi connectivity index (χ1n) is 10.8. The van der Waals surface area contributed by atoms with E-state index in [2.05, 4.69) is 20.3 Å². The van der Waals surface area contributed by atoms with Crippen molar-refractivity contribution in [2.45, 2.75) is 31.8 Å². The molecule has 0 saturated heterocycles. The van der Waals surface area contributed by atoms with Crippen molar-refractivity contribution in [3.05, 3.63) is 76.9 Å². The first-order valence-corrected chi connectivity index (χ1v) is 10.8. The van der Waals surface area contributed by atoms with Crippen LogP contribution in [0.4, 0.5) is 0 Å². The van der Waals surface area contributed by atoms with E-state index >= 15 is 0 Å². The molecule has 0 fully saturated rings. The second-order valence-electron chi connectivity index (χ2n) is 7.83. The molecular weight excluding hydrogens is 420 g/mol. The van der Waals surface area contributed by atoms with E-state index < -0.39 is 6.04 Å². The highest BCUT2D eigenvalue weighted by molar-refractivity contribution is 5.97. The average molecular weight is 442 g/mol. The molecule has 0 aliphatic carbocycles. The Balaban J connectivity index is 1.52. The summed E-state index contributed by atoms with van der Waals surface area (Å²) in [5.41, 5.74) is 1.76. The number of ether oxygens (including phenoxy) is 1. The van der Waals surface area contributed by atoms with Gasteiger partial charge in [0.25, 0.3) is 11.5 Å². The minimum absolute atomic E-state index is 0.166. The maximum Gasteiger partial charge on any atom is 0.270 e. The summed E-state index contributed by atoms with van der Waals surface area (Å²) in [6.07, 6.45) is 5.36. The number of nitrogens with one attached hydrogen (secondary N) is 1. The van der Waals surface area contributed by atoms with Crippen molar-refractivity contribution >= 4 is 16.8 Å². The summed E-state index contributed by atoms with van der Waals surface area (Å²) >= 11 is 0. The monoisotopic (exact) mass is 442 g/mol. The van der Waals surface area contributed by atoms with Gasteiger partial charge in [0.15, 0.2) is 0 Å². The maximum atomic E-state index is 13.2. The first kappa shape index (κ1) is 20.7. The van der Waals surface area contributed by atoms with Gasteiger partial charge in [0.2, 0.25) is 0 Å². The summed E-state index contributed by atoms with van der Waals surface area (Å²) in [7, 11) is 1.57. The normalized spacial score (nSPS) is 15.5. The van der Waals surface area contributed by atoms with Crippen LogP contribution in [0.25, 0.3) is 22.3 Å².